The molecule has 0 amide bonds. The molecule has 0 unspecified atom stereocenters. The van der Waals surface area contributed by atoms with Crippen molar-refractivity contribution in [2.24, 2.45) is 5.73 Å². The molecular weight excluding hydrogens is 184 g/mol. The van der Waals surface area contributed by atoms with Crippen molar-refractivity contribution in [3.63, 3.8) is 0 Å². The lowest BCUT2D eigenvalue weighted by atomic mass is 9.96. The van der Waals surface area contributed by atoms with Crippen molar-refractivity contribution in [1.82, 2.24) is 0 Å². The van der Waals surface area contributed by atoms with E-state index >= 15 is 0 Å². The van der Waals surface area contributed by atoms with Crippen LogP contribution in [0.15, 0.2) is 42.1 Å². The summed E-state index contributed by atoms with van der Waals surface area (Å²) >= 11 is 0. The van der Waals surface area contributed by atoms with E-state index in [1.54, 1.807) is 0 Å². The molecule has 2 heteroatoms. The highest BCUT2D eigenvalue weighted by atomic mass is 14.6. The molecule has 74 valence electrons. The Balaban J connectivity index is 2.31. The Labute approximate surface area is 89.3 Å². The number of nitrogens with two attached hydrogens (primary N) is 1. The Hall–Kier alpha value is -2.01. The van der Waals surface area contributed by atoms with Gasteiger partial charge in [-0.2, -0.15) is 5.26 Å². The van der Waals surface area contributed by atoms with Crippen LogP contribution in [0.5, 0.6) is 0 Å². The standard InChI is InChI=1S/C13H12N2/c14-9-10-4-6-11(7-5-10)12-2-1-3-13(15)8-12/h3-8H,1-2,15H2. The summed E-state index contributed by atoms with van der Waals surface area (Å²) in [4.78, 5) is 0. The van der Waals surface area contributed by atoms with Crippen molar-refractivity contribution in [3.8, 4) is 6.07 Å². The molecule has 0 radical (unpaired) electrons. The van der Waals surface area contributed by atoms with Crippen molar-refractivity contribution in [2.75, 3.05) is 0 Å². The van der Waals surface area contributed by atoms with Gasteiger partial charge < -0.3 is 5.73 Å². The van der Waals surface area contributed by atoms with Crippen LogP contribution in [-0.2, 0) is 0 Å². The molecule has 1 aromatic carbocycles. The third-order valence-electron chi connectivity index (χ3n) is 2.52. The molecule has 0 heterocycles. The SMILES string of the molecule is N#Cc1ccc(C2=CC(N)=CCC2)cc1. The Kier molecular flexibility index (Phi) is 2.55. The van der Waals surface area contributed by atoms with Gasteiger partial charge in [-0.3, -0.25) is 0 Å². The zero-order chi connectivity index (χ0) is 10.7. The monoisotopic (exact) mass is 196 g/mol. The maximum absolute atomic E-state index is 8.69. The van der Waals surface area contributed by atoms with Gasteiger partial charge in [-0.05, 0) is 42.2 Å². The minimum absolute atomic E-state index is 0.693. The van der Waals surface area contributed by atoms with Gasteiger partial charge >= 0.3 is 0 Å². The van der Waals surface area contributed by atoms with Crippen molar-refractivity contribution >= 4 is 5.57 Å². The molecule has 0 saturated carbocycles. The van der Waals surface area contributed by atoms with Gasteiger partial charge in [-0.1, -0.05) is 18.2 Å². The van der Waals surface area contributed by atoms with E-state index in [4.69, 9.17) is 11.0 Å². The fraction of sp³-hybridized carbons (Fsp3) is 0.154. The number of hydrogen-bond acceptors (Lipinski definition) is 2. The summed E-state index contributed by atoms with van der Waals surface area (Å²) in [5.41, 5.74) is 9.69. The van der Waals surface area contributed by atoms with Crippen molar-refractivity contribution < 1.29 is 0 Å². The maximum atomic E-state index is 8.69. The molecule has 0 atom stereocenters. The van der Waals surface area contributed by atoms with Gasteiger partial charge in [-0.25, -0.2) is 0 Å². The second-order valence-electron chi connectivity index (χ2n) is 3.60. The highest BCUT2D eigenvalue weighted by Gasteiger charge is 2.05. The zero-order valence-electron chi connectivity index (χ0n) is 8.40. The first kappa shape index (κ1) is 9.54. The van der Waals surface area contributed by atoms with Crippen LogP contribution in [0.3, 0.4) is 0 Å². The van der Waals surface area contributed by atoms with E-state index < -0.39 is 0 Å². The average molecular weight is 196 g/mol. The van der Waals surface area contributed by atoms with E-state index in [9.17, 15) is 0 Å². The molecule has 0 aromatic heterocycles. The molecule has 2 N–H and O–H groups in total. The van der Waals surface area contributed by atoms with Gasteiger partial charge in [-0.15, -0.1) is 0 Å². The molecule has 2 rings (SSSR count). The van der Waals surface area contributed by atoms with E-state index in [-0.39, 0.29) is 0 Å². The summed E-state index contributed by atoms with van der Waals surface area (Å²) in [6, 6.07) is 9.74. The predicted molar refractivity (Wildman–Crippen MR) is 60.6 cm³/mol. The number of allylic oxidation sites excluding steroid dienone is 3. The Morgan fingerprint density at radius 2 is 1.93 bits per heavy atom. The first-order valence-electron chi connectivity index (χ1n) is 4.96. The number of hydrogen-bond donors (Lipinski definition) is 1. The Morgan fingerprint density at radius 1 is 1.20 bits per heavy atom. The number of rotatable bonds is 1. The van der Waals surface area contributed by atoms with Gasteiger partial charge in [0.25, 0.3) is 0 Å². The largest absolute Gasteiger partial charge is 0.399 e. The lowest BCUT2D eigenvalue weighted by molar-refractivity contribution is 1.03. The average Bonchev–Trinajstić information content (AvgIpc) is 2.29. The molecule has 0 aliphatic heterocycles. The summed E-state index contributed by atoms with van der Waals surface area (Å²) in [6.45, 7) is 0. The van der Waals surface area contributed by atoms with E-state index in [0.717, 1.165) is 24.1 Å². The third kappa shape index (κ3) is 2.08. The molecule has 1 aliphatic rings. The van der Waals surface area contributed by atoms with Gasteiger partial charge in [0, 0.05) is 5.70 Å². The van der Waals surface area contributed by atoms with Crippen LogP contribution in [0.25, 0.3) is 5.57 Å². The number of nitrogens with zero attached hydrogens (tertiary/aromatic N) is 1. The first-order chi connectivity index (χ1) is 7.29. The third-order valence-corrected chi connectivity index (χ3v) is 2.52. The Bertz CT molecular complexity index is 458. The minimum atomic E-state index is 0.693. The smallest absolute Gasteiger partial charge is 0.0991 e. The lowest BCUT2D eigenvalue weighted by Gasteiger charge is -2.11. The molecule has 15 heavy (non-hydrogen) atoms. The molecule has 2 nitrogen and oxygen atoms in total. The van der Waals surface area contributed by atoms with Crippen molar-refractivity contribution in [2.45, 2.75) is 12.8 Å². The maximum Gasteiger partial charge on any atom is 0.0991 e. The molecule has 0 spiro atoms. The Morgan fingerprint density at radius 3 is 2.53 bits per heavy atom. The molecule has 0 fully saturated rings. The first-order valence-corrected chi connectivity index (χ1v) is 4.96. The fourth-order valence-electron chi connectivity index (χ4n) is 1.71. The quantitative estimate of drug-likeness (QED) is 0.750. The molecule has 1 aromatic rings. The van der Waals surface area contributed by atoms with Crippen LogP contribution in [-0.4, -0.2) is 0 Å². The van der Waals surface area contributed by atoms with Crippen LogP contribution < -0.4 is 5.73 Å². The van der Waals surface area contributed by atoms with E-state index in [2.05, 4.69) is 6.07 Å². The molecule has 0 saturated heterocycles. The van der Waals surface area contributed by atoms with Gasteiger partial charge in [0.05, 0.1) is 11.6 Å². The van der Waals surface area contributed by atoms with Crippen molar-refractivity contribution in [1.29, 1.82) is 5.26 Å². The summed E-state index contributed by atoms with van der Waals surface area (Å²) in [6.07, 6.45) is 6.06. The van der Waals surface area contributed by atoms with Crippen LogP contribution in [0.4, 0.5) is 0 Å². The fourth-order valence-corrected chi connectivity index (χ4v) is 1.71. The highest BCUT2D eigenvalue weighted by molar-refractivity contribution is 5.69. The minimum Gasteiger partial charge on any atom is -0.399 e. The second kappa shape index (κ2) is 4.02. The summed E-state index contributed by atoms with van der Waals surface area (Å²) in [5.74, 6) is 0. The number of nitriles is 1. The summed E-state index contributed by atoms with van der Waals surface area (Å²) in [7, 11) is 0. The van der Waals surface area contributed by atoms with Gasteiger partial charge in [0.2, 0.25) is 0 Å². The van der Waals surface area contributed by atoms with Crippen LogP contribution in [0, 0.1) is 11.3 Å². The normalized spacial score (nSPS) is 15.1. The predicted octanol–water partition coefficient (Wildman–Crippen LogP) is 2.58. The summed E-state index contributed by atoms with van der Waals surface area (Å²) in [5, 5.41) is 8.69. The topological polar surface area (TPSA) is 49.8 Å². The molecule has 1 aliphatic carbocycles. The summed E-state index contributed by atoms with van der Waals surface area (Å²) < 4.78 is 0. The van der Waals surface area contributed by atoms with E-state index in [1.165, 1.54) is 5.57 Å². The van der Waals surface area contributed by atoms with Crippen LogP contribution >= 0.6 is 0 Å². The van der Waals surface area contributed by atoms with E-state index in [1.807, 2.05) is 36.4 Å². The van der Waals surface area contributed by atoms with Gasteiger partial charge in [0.1, 0.15) is 0 Å². The molecule has 0 bridgehead atoms. The second-order valence-corrected chi connectivity index (χ2v) is 3.60. The highest BCUT2D eigenvalue weighted by Crippen LogP contribution is 2.24. The van der Waals surface area contributed by atoms with Gasteiger partial charge in [0.15, 0.2) is 0 Å². The van der Waals surface area contributed by atoms with Crippen molar-refractivity contribution in [3.05, 3.63) is 53.2 Å². The van der Waals surface area contributed by atoms with Crippen LogP contribution in [0.2, 0.25) is 0 Å². The van der Waals surface area contributed by atoms with E-state index in [0.29, 0.717) is 5.56 Å². The molecular formula is C13H12N2. The van der Waals surface area contributed by atoms with Crippen LogP contribution in [0.1, 0.15) is 24.0 Å². The number of benzene rings is 1. The zero-order valence-corrected chi connectivity index (χ0v) is 8.40. The lowest BCUT2D eigenvalue weighted by Crippen LogP contribution is -1.99.